The number of amides is 2. The largest absolute Gasteiger partial charge is 0.459 e. The number of nitrogens with one attached hydrogen (secondary N) is 1. The third kappa shape index (κ3) is 3.18. The number of hydrogen-bond acceptors (Lipinski definition) is 3. The van der Waals surface area contributed by atoms with Gasteiger partial charge in [0, 0.05) is 6.08 Å². The zero-order valence-corrected chi connectivity index (χ0v) is 9.50. The van der Waals surface area contributed by atoms with Crippen LogP contribution in [0.1, 0.15) is 16.1 Å². The molecule has 90 valence electrons. The standard InChI is InChI=1S/C14H11NO3/c16-13(9-8-11-5-2-1-3-6-11)15-14(17)12-7-4-10-18-12/h1-10H,(H,15,16,17). The lowest BCUT2D eigenvalue weighted by Gasteiger charge is -1.97. The van der Waals surface area contributed by atoms with Gasteiger partial charge in [-0.3, -0.25) is 14.9 Å². The monoisotopic (exact) mass is 241 g/mol. The minimum absolute atomic E-state index is 0.108. The maximum atomic E-state index is 11.5. The molecule has 4 nitrogen and oxygen atoms in total. The lowest BCUT2D eigenvalue weighted by atomic mass is 10.2. The molecule has 4 heteroatoms. The zero-order chi connectivity index (χ0) is 12.8. The quantitative estimate of drug-likeness (QED) is 0.838. The lowest BCUT2D eigenvalue weighted by molar-refractivity contribution is -0.115. The van der Waals surface area contributed by atoms with Crippen molar-refractivity contribution in [3.8, 4) is 0 Å². The van der Waals surface area contributed by atoms with E-state index in [1.807, 2.05) is 30.3 Å². The summed E-state index contributed by atoms with van der Waals surface area (Å²) in [5.41, 5.74) is 0.887. The topological polar surface area (TPSA) is 59.3 Å². The van der Waals surface area contributed by atoms with Crippen LogP contribution in [-0.4, -0.2) is 11.8 Å². The minimum atomic E-state index is -0.553. The fourth-order valence-electron chi connectivity index (χ4n) is 1.36. The normalized spacial score (nSPS) is 10.4. The summed E-state index contributed by atoms with van der Waals surface area (Å²) in [6.07, 6.45) is 4.31. The van der Waals surface area contributed by atoms with E-state index in [0.717, 1.165) is 5.56 Å². The molecular formula is C14H11NO3. The predicted molar refractivity (Wildman–Crippen MR) is 66.7 cm³/mol. The fourth-order valence-corrected chi connectivity index (χ4v) is 1.36. The zero-order valence-electron chi connectivity index (χ0n) is 9.50. The SMILES string of the molecule is O=C(C=Cc1ccccc1)NC(=O)c1ccco1. The second-order valence-electron chi connectivity index (χ2n) is 3.54. The second kappa shape index (κ2) is 5.63. The molecule has 0 saturated carbocycles. The number of imide groups is 1. The van der Waals surface area contributed by atoms with Gasteiger partial charge in [0.05, 0.1) is 6.26 Å². The van der Waals surface area contributed by atoms with Crippen molar-refractivity contribution in [3.05, 3.63) is 66.1 Å². The molecule has 1 N–H and O–H groups in total. The molecular weight excluding hydrogens is 230 g/mol. The van der Waals surface area contributed by atoms with E-state index in [1.54, 1.807) is 12.1 Å². The van der Waals surface area contributed by atoms with Crippen molar-refractivity contribution in [2.45, 2.75) is 0 Å². The van der Waals surface area contributed by atoms with Crippen molar-refractivity contribution < 1.29 is 14.0 Å². The van der Waals surface area contributed by atoms with Crippen molar-refractivity contribution in [1.29, 1.82) is 0 Å². The number of furan rings is 1. The molecule has 1 aromatic carbocycles. The van der Waals surface area contributed by atoms with E-state index in [9.17, 15) is 9.59 Å². The summed E-state index contributed by atoms with van der Waals surface area (Å²) >= 11 is 0. The van der Waals surface area contributed by atoms with Gasteiger partial charge in [-0.05, 0) is 23.8 Å². The Kier molecular flexibility index (Phi) is 3.71. The Balaban J connectivity index is 1.93. The Morgan fingerprint density at radius 2 is 1.83 bits per heavy atom. The van der Waals surface area contributed by atoms with Crippen LogP contribution in [0.5, 0.6) is 0 Å². The molecule has 0 fully saturated rings. The van der Waals surface area contributed by atoms with Crippen molar-refractivity contribution in [2.75, 3.05) is 0 Å². The number of carbonyl (C=O) groups is 2. The van der Waals surface area contributed by atoms with E-state index >= 15 is 0 Å². The highest BCUT2D eigenvalue weighted by Gasteiger charge is 2.10. The molecule has 0 spiro atoms. The first kappa shape index (κ1) is 11.9. The average Bonchev–Trinajstić information content (AvgIpc) is 2.91. The molecule has 0 bridgehead atoms. The highest BCUT2D eigenvalue weighted by atomic mass is 16.3. The van der Waals surface area contributed by atoms with E-state index in [0.29, 0.717) is 0 Å². The van der Waals surface area contributed by atoms with E-state index in [1.165, 1.54) is 18.4 Å². The van der Waals surface area contributed by atoms with Crippen LogP contribution in [0.15, 0.2) is 59.2 Å². The molecule has 0 aliphatic carbocycles. The van der Waals surface area contributed by atoms with Gasteiger partial charge in [0.2, 0.25) is 0 Å². The minimum Gasteiger partial charge on any atom is -0.459 e. The van der Waals surface area contributed by atoms with Crippen LogP contribution in [0.4, 0.5) is 0 Å². The molecule has 0 unspecified atom stereocenters. The van der Waals surface area contributed by atoms with Gasteiger partial charge in [-0.1, -0.05) is 30.3 Å². The highest BCUT2D eigenvalue weighted by Crippen LogP contribution is 2.01. The number of rotatable bonds is 3. The first-order chi connectivity index (χ1) is 8.75. The molecule has 1 heterocycles. The molecule has 1 aromatic heterocycles. The van der Waals surface area contributed by atoms with Gasteiger partial charge in [-0.2, -0.15) is 0 Å². The number of carbonyl (C=O) groups excluding carboxylic acids is 2. The Morgan fingerprint density at radius 3 is 2.50 bits per heavy atom. The van der Waals surface area contributed by atoms with Crippen LogP contribution in [0, 0.1) is 0 Å². The van der Waals surface area contributed by atoms with Crippen LogP contribution >= 0.6 is 0 Å². The van der Waals surface area contributed by atoms with Crippen LogP contribution in [0.25, 0.3) is 6.08 Å². The summed E-state index contributed by atoms with van der Waals surface area (Å²) in [5, 5.41) is 2.19. The van der Waals surface area contributed by atoms with Crippen molar-refractivity contribution in [1.82, 2.24) is 5.32 Å². The maximum Gasteiger partial charge on any atom is 0.293 e. The van der Waals surface area contributed by atoms with Crippen LogP contribution in [0.2, 0.25) is 0 Å². The molecule has 0 atom stereocenters. The Hall–Kier alpha value is -2.62. The molecule has 0 aliphatic rings. The van der Waals surface area contributed by atoms with E-state index in [2.05, 4.69) is 5.32 Å². The van der Waals surface area contributed by atoms with Gasteiger partial charge in [-0.15, -0.1) is 0 Å². The van der Waals surface area contributed by atoms with Gasteiger partial charge in [0.1, 0.15) is 0 Å². The summed E-state index contributed by atoms with van der Waals surface area (Å²) in [4.78, 5) is 22.9. The summed E-state index contributed by atoms with van der Waals surface area (Å²) in [6, 6.07) is 12.4. The molecule has 18 heavy (non-hydrogen) atoms. The molecule has 0 aliphatic heterocycles. The Bertz CT molecular complexity index is 556. The van der Waals surface area contributed by atoms with Crippen molar-refractivity contribution in [2.24, 2.45) is 0 Å². The summed E-state index contributed by atoms with van der Waals surface area (Å²) in [5.74, 6) is -0.931. The predicted octanol–water partition coefficient (Wildman–Crippen LogP) is 2.25. The van der Waals surface area contributed by atoms with Crippen LogP contribution in [-0.2, 0) is 4.79 Å². The van der Waals surface area contributed by atoms with E-state index in [4.69, 9.17) is 4.42 Å². The Morgan fingerprint density at radius 1 is 1.06 bits per heavy atom. The molecule has 2 aromatic rings. The van der Waals surface area contributed by atoms with E-state index in [-0.39, 0.29) is 5.76 Å². The number of hydrogen-bond donors (Lipinski definition) is 1. The van der Waals surface area contributed by atoms with E-state index < -0.39 is 11.8 Å². The smallest absolute Gasteiger partial charge is 0.293 e. The first-order valence-electron chi connectivity index (χ1n) is 5.37. The highest BCUT2D eigenvalue weighted by molar-refractivity contribution is 6.07. The van der Waals surface area contributed by atoms with Gasteiger partial charge in [-0.25, -0.2) is 0 Å². The third-order valence-corrected chi connectivity index (χ3v) is 2.21. The molecule has 2 rings (SSSR count). The van der Waals surface area contributed by atoms with Gasteiger partial charge < -0.3 is 4.42 Å². The van der Waals surface area contributed by atoms with Gasteiger partial charge in [0.15, 0.2) is 5.76 Å². The number of benzene rings is 1. The third-order valence-electron chi connectivity index (χ3n) is 2.21. The summed E-state index contributed by atoms with van der Waals surface area (Å²) in [7, 11) is 0. The van der Waals surface area contributed by atoms with Crippen LogP contribution < -0.4 is 5.32 Å². The lowest BCUT2D eigenvalue weighted by Crippen LogP contribution is -2.28. The molecule has 0 saturated heterocycles. The molecule has 2 amide bonds. The molecule has 0 radical (unpaired) electrons. The van der Waals surface area contributed by atoms with Gasteiger partial charge >= 0.3 is 0 Å². The maximum absolute atomic E-state index is 11.5. The van der Waals surface area contributed by atoms with Crippen molar-refractivity contribution in [3.63, 3.8) is 0 Å². The fraction of sp³-hybridized carbons (Fsp3) is 0. The van der Waals surface area contributed by atoms with Crippen molar-refractivity contribution >= 4 is 17.9 Å². The summed E-state index contributed by atoms with van der Waals surface area (Å²) < 4.78 is 4.87. The first-order valence-corrected chi connectivity index (χ1v) is 5.37. The second-order valence-corrected chi connectivity index (χ2v) is 3.54. The van der Waals surface area contributed by atoms with Gasteiger partial charge in [0.25, 0.3) is 11.8 Å². The Labute approximate surface area is 104 Å². The van der Waals surface area contributed by atoms with Crippen LogP contribution in [0.3, 0.4) is 0 Å². The average molecular weight is 241 g/mol. The summed E-state index contributed by atoms with van der Waals surface area (Å²) in [6.45, 7) is 0.